The number of aryl methyl sites for hydroxylation is 2. The van der Waals surface area contributed by atoms with Crippen LogP contribution in [0.25, 0.3) is 0 Å². The lowest BCUT2D eigenvalue weighted by atomic mass is 10.2. The first-order chi connectivity index (χ1) is 11.5. The van der Waals surface area contributed by atoms with Gasteiger partial charge in [-0.25, -0.2) is 0 Å². The molecule has 0 saturated heterocycles. The number of esters is 1. The monoisotopic (exact) mass is 327 g/mol. The number of anilines is 1. The molecule has 2 aromatic carbocycles. The lowest BCUT2D eigenvalue weighted by molar-refractivity contribution is -0.147. The maximum Gasteiger partial charge on any atom is 0.309 e. The zero-order valence-corrected chi connectivity index (χ0v) is 13.9. The lowest BCUT2D eigenvalue weighted by Crippen LogP contribution is -2.21. The molecule has 0 bridgehead atoms. The van der Waals surface area contributed by atoms with E-state index in [1.165, 1.54) is 0 Å². The zero-order chi connectivity index (χ0) is 17.4. The smallest absolute Gasteiger partial charge is 0.309 e. The highest BCUT2D eigenvalue weighted by Gasteiger charge is 2.08. The zero-order valence-electron chi connectivity index (χ0n) is 13.9. The van der Waals surface area contributed by atoms with E-state index < -0.39 is 5.97 Å². The summed E-state index contributed by atoms with van der Waals surface area (Å²) >= 11 is 0. The Balaban J connectivity index is 1.64. The van der Waals surface area contributed by atoms with Gasteiger partial charge in [0, 0.05) is 5.69 Å². The van der Waals surface area contributed by atoms with E-state index in [1.807, 2.05) is 50.2 Å². The number of nitrogens with one attached hydrogen (secondary N) is 1. The lowest BCUT2D eigenvalue weighted by Gasteiger charge is -2.08. The van der Waals surface area contributed by atoms with Gasteiger partial charge >= 0.3 is 5.97 Å². The van der Waals surface area contributed by atoms with Gasteiger partial charge in [-0.3, -0.25) is 9.59 Å². The van der Waals surface area contributed by atoms with Crippen molar-refractivity contribution in [1.82, 2.24) is 0 Å². The van der Waals surface area contributed by atoms with Crippen LogP contribution in [0.2, 0.25) is 0 Å². The molecule has 0 saturated carbocycles. The highest BCUT2D eigenvalue weighted by atomic mass is 16.5. The molecular weight excluding hydrogens is 306 g/mol. The maximum atomic E-state index is 11.7. The largest absolute Gasteiger partial charge is 0.493 e. The molecule has 2 rings (SSSR count). The van der Waals surface area contributed by atoms with E-state index in [0.717, 1.165) is 11.1 Å². The van der Waals surface area contributed by atoms with Crippen LogP contribution in [0, 0.1) is 13.8 Å². The molecule has 0 heterocycles. The third kappa shape index (κ3) is 6.12. The predicted molar refractivity (Wildman–Crippen MR) is 92.1 cm³/mol. The van der Waals surface area contributed by atoms with Gasteiger partial charge in [-0.2, -0.15) is 0 Å². The maximum absolute atomic E-state index is 11.7. The molecule has 0 aliphatic heterocycles. The molecule has 1 N–H and O–H groups in total. The first kappa shape index (κ1) is 17.5. The summed E-state index contributed by atoms with van der Waals surface area (Å²) in [4.78, 5) is 23.3. The van der Waals surface area contributed by atoms with Crippen molar-refractivity contribution in [1.29, 1.82) is 0 Å². The van der Waals surface area contributed by atoms with E-state index in [9.17, 15) is 9.59 Å². The van der Waals surface area contributed by atoms with Crippen LogP contribution in [0.15, 0.2) is 48.5 Å². The van der Waals surface area contributed by atoms with Crippen LogP contribution in [0.3, 0.4) is 0 Å². The number of hydrogen-bond donors (Lipinski definition) is 1. The van der Waals surface area contributed by atoms with E-state index in [-0.39, 0.29) is 25.5 Å². The number of rotatable bonds is 7. The van der Waals surface area contributed by atoms with Crippen LogP contribution in [0.4, 0.5) is 5.69 Å². The highest BCUT2D eigenvalue weighted by Crippen LogP contribution is 2.11. The van der Waals surface area contributed by atoms with Crippen LogP contribution in [0.1, 0.15) is 17.5 Å². The van der Waals surface area contributed by atoms with E-state index in [0.29, 0.717) is 11.4 Å². The summed E-state index contributed by atoms with van der Waals surface area (Å²) in [5.74, 6) is -0.140. The van der Waals surface area contributed by atoms with Crippen molar-refractivity contribution in [2.24, 2.45) is 0 Å². The average molecular weight is 327 g/mol. The van der Waals surface area contributed by atoms with Gasteiger partial charge in [-0.15, -0.1) is 0 Å². The van der Waals surface area contributed by atoms with Crippen LogP contribution in [-0.4, -0.2) is 25.1 Å². The van der Waals surface area contributed by atoms with E-state index in [1.54, 1.807) is 12.1 Å². The summed E-state index contributed by atoms with van der Waals surface area (Å²) in [5, 5.41) is 2.66. The first-order valence-corrected chi connectivity index (χ1v) is 7.74. The van der Waals surface area contributed by atoms with Gasteiger partial charge in [0.25, 0.3) is 5.91 Å². The topological polar surface area (TPSA) is 64.6 Å². The summed E-state index contributed by atoms with van der Waals surface area (Å²) in [7, 11) is 0. The minimum Gasteiger partial charge on any atom is -0.493 e. The summed E-state index contributed by atoms with van der Waals surface area (Å²) in [6.07, 6.45) is 0.0890. The number of benzene rings is 2. The molecule has 0 radical (unpaired) electrons. The minimum absolute atomic E-state index is 0.0890. The summed E-state index contributed by atoms with van der Waals surface area (Å²) in [6.45, 7) is 3.85. The van der Waals surface area contributed by atoms with Crippen molar-refractivity contribution >= 4 is 17.6 Å². The van der Waals surface area contributed by atoms with Gasteiger partial charge in [0.1, 0.15) is 5.75 Å². The summed E-state index contributed by atoms with van der Waals surface area (Å²) in [5.41, 5.74) is 2.92. The second-order valence-corrected chi connectivity index (χ2v) is 5.49. The van der Waals surface area contributed by atoms with Crippen molar-refractivity contribution in [3.05, 3.63) is 59.7 Å². The van der Waals surface area contributed by atoms with Gasteiger partial charge < -0.3 is 14.8 Å². The number of carbonyl (C=O) groups is 2. The molecule has 0 aromatic heterocycles. The molecular formula is C19H21NO4. The molecule has 1 amide bonds. The molecule has 0 spiro atoms. The van der Waals surface area contributed by atoms with Crippen molar-refractivity contribution in [2.75, 3.05) is 18.5 Å². The van der Waals surface area contributed by atoms with Crippen LogP contribution >= 0.6 is 0 Å². The van der Waals surface area contributed by atoms with E-state index in [2.05, 4.69) is 5.32 Å². The molecule has 0 aliphatic carbocycles. The minimum atomic E-state index is -0.471. The second kappa shape index (κ2) is 8.72. The van der Waals surface area contributed by atoms with Crippen molar-refractivity contribution in [3.8, 4) is 5.75 Å². The Kier molecular flexibility index (Phi) is 6.37. The van der Waals surface area contributed by atoms with E-state index >= 15 is 0 Å². The molecule has 0 unspecified atom stereocenters. The van der Waals surface area contributed by atoms with Gasteiger partial charge in [0.2, 0.25) is 0 Å². The van der Waals surface area contributed by atoms with Crippen molar-refractivity contribution < 1.29 is 19.1 Å². The Bertz CT molecular complexity index is 678. The predicted octanol–water partition coefficient (Wildman–Crippen LogP) is 3.25. The van der Waals surface area contributed by atoms with Crippen LogP contribution in [0.5, 0.6) is 5.75 Å². The van der Waals surface area contributed by atoms with Crippen molar-refractivity contribution in [3.63, 3.8) is 0 Å². The normalized spacial score (nSPS) is 10.1. The third-order valence-electron chi connectivity index (χ3n) is 3.30. The standard InChI is InChI=1S/C19H21NO4/c1-14-3-7-16(8-4-14)20-18(21)13-24-19(22)11-12-23-17-9-5-15(2)6-10-17/h3-10H,11-13H2,1-2H3,(H,20,21). The molecule has 126 valence electrons. The Morgan fingerprint density at radius 2 is 1.50 bits per heavy atom. The Morgan fingerprint density at radius 1 is 0.917 bits per heavy atom. The third-order valence-corrected chi connectivity index (χ3v) is 3.30. The summed E-state index contributed by atoms with van der Waals surface area (Å²) < 4.78 is 10.4. The SMILES string of the molecule is Cc1ccc(NC(=O)COC(=O)CCOc2ccc(C)cc2)cc1. The van der Waals surface area contributed by atoms with Crippen LogP contribution in [-0.2, 0) is 14.3 Å². The molecule has 0 atom stereocenters. The Hall–Kier alpha value is -2.82. The number of ether oxygens (including phenoxy) is 2. The molecule has 5 heteroatoms. The molecule has 2 aromatic rings. The number of carbonyl (C=O) groups excluding carboxylic acids is 2. The average Bonchev–Trinajstić information content (AvgIpc) is 2.57. The van der Waals surface area contributed by atoms with Gasteiger partial charge in [0.15, 0.2) is 6.61 Å². The van der Waals surface area contributed by atoms with E-state index in [4.69, 9.17) is 9.47 Å². The summed E-state index contributed by atoms with van der Waals surface area (Å²) in [6, 6.07) is 14.9. The second-order valence-electron chi connectivity index (χ2n) is 5.49. The van der Waals surface area contributed by atoms with Gasteiger partial charge in [-0.05, 0) is 38.1 Å². The molecule has 0 aliphatic rings. The fourth-order valence-corrected chi connectivity index (χ4v) is 1.94. The molecule has 24 heavy (non-hydrogen) atoms. The van der Waals surface area contributed by atoms with Gasteiger partial charge in [0.05, 0.1) is 13.0 Å². The highest BCUT2D eigenvalue weighted by molar-refractivity contribution is 5.92. The van der Waals surface area contributed by atoms with Crippen molar-refractivity contribution in [2.45, 2.75) is 20.3 Å². The quantitative estimate of drug-likeness (QED) is 0.793. The number of hydrogen-bond acceptors (Lipinski definition) is 4. The molecule has 5 nitrogen and oxygen atoms in total. The Labute approximate surface area is 141 Å². The Morgan fingerprint density at radius 3 is 2.12 bits per heavy atom. The van der Waals surface area contributed by atoms with Crippen LogP contribution < -0.4 is 10.1 Å². The first-order valence-electron chi connectivity index (χ1n) is 7.74. The fourth-order valence-electron chi connectivity index (χ4n) is 1.94. The fraction of sp³-hybridized carbons (Fsp3) is 0.263. The van der Waals surface area contributed by atoms with Gasteiger partial charge in [-0.1, -0.05) is 35.4 Å². The number of amides is 1. The molecule has 0 fully saturated rings.